The SMILES string of the molecule is CC(C)(C)S(=O)(=O)Nc1ccc(F)cc1C(=N)N. The van der Waals surface area contributed by atoms with Crippen LogP contribution in [0.25, 0.3) is 0 Å². The van der Waals surface area contributed by atoms with E-state index in [2.05, 4.69) is 4.72 Å². The molecular weight excluding hydrogens is 257 g/mol. The number of nitrogens with one attached hydrogen (secondary N) is 2. The second-order valence-electron chi connectivity index (χ2n) is 4.82. The van der Waals surface area contributed by atoms with Crippen molar-refractivity contribution in [2.45, 2.75) is 25.5 Å². The van der Waals surface area contributed by atoms with Crippen molar-refractivity contribution >= 4 is 21.5 Å². The summed E-state index contributed by atoms with van der Waals surface area (Å²) in [6, 6.07) is 3.37. The third kappa shape index (κ3) is 2.98. The summed E-state index contributed by atoms with van der Waals surface area (Å²) in [6.45, 7) is 4.60. The summed E-state index contributed by atoms with van der Waals surface area (Å²) in [6.07, 6.45) is 0. The first-order valence-electron chi connectivity index (χ1n) is 5.21. The number of anilines is 1. The molecular formula is C11H16FN3O2S. The van der Waals surface area contributed by atoms with E-state index in [4.69, 9.17) is 11.1 Å². The molecule has 1 aromatic carbocycles. The fourth-order valence-electron chi connectivity index (χ4n) is 1.13. The van der Waals surface area contributed by atoms with Gasteiger partial charge < -0.3 is 5.73 Å². The Morgan fingerprint density at radius 2 is 1.94 bits per heavy atom. The van der Waals surface area contributed by atoms with Crippen molar-refractivity contribution in [3.05, 3.63) is 29.6 Å². The smallest absolute Gasteiger partial charge is 0.237 e. The molecule has 0 heterocycles. The van der Waals surface area contributed by atoms with Crippen molar-refractivity contribution in [1.29, 1.82) is 5.41 Å². The highest BCUT2D eigenvalue weighted by Crippen LogP contribution is 2.23. The molecule has 0 aliphatic heterocycles. The highest BCUT2D eigenvalue weighted by Gasteiger charge is 2.29. The molecule has 0 unspecified atom stereocenters. The summed E-state index contributed by atoms with van der Waals surface area (Å²) in [5.74, 6) is -0.986. The van der Waals surface area contributed by atoms with Crippen LogP contribution >= 0.6 is 0 Å². The molecule has 18 heavy (non-hydrogen) atoms. The van der Waals surface area contributed by atoms with Gasteiger partial charge in [-0.1, -0.05) is 0 Å². The molecule has 1 rings (SSSR count). The number of benzene rings is 1. The average molecular weight is 273 g/mol. The minimum atomic E-state index is -3.64. The quantitative estimate of drug-likeness (QED) is 0.577. The summed E-state index contributed by atoms with van der Waals surface area (Å²) >= 11 is 0. The summed E-state index contributed by atoms with van der Waals surface area (Å²) in [4.78, 5) is 0. The van der Waals surface area contributed by atoms with Gasteiger partial charge in [-0.05, 0) is 39.0 Å². The molecule has 7 heteroatoms. The Labute approximate surface area is 106 Å². The van der Waals surface area contributed by atoms with E-state index in [1.54, 1.807) is 0 Å². The zero-order valence-electron chi connectivity index (χ0n) is 10.4. The van der Waals surface area contributed by atoms with Gasteiger partial charge in [0.1, 0.15) is 11.7 Å². The number of nitrogens with two attached hydrogens (primary N) is 1. The molecule has 0 saturated heterocycles. The van der Waals surface area contributed by atoms with E-state index in [1.807, 2.05) is 0 Å². The molecule has 0 fully saturated rings. The molecule has 0 amide bonds. The lowest BCUT2D eigenvalue weighted by atomic mass is 10.1. The predicted octanol–water partition coefficient (Wildman–Crippen LogP) is 1.65. The van der Waals surface area contributed by atoms with Crippen LogP contribution in [0.1, 0.15) is 26.3 Å². The first-order chi connectivity index (χ1) is 8.04. The van der Waals surface area contributed by atoms with E-state index in [-0.39, 0.29) is 11.3 Å². The van der Waals surface area contributed by atoms with E-state index < -0.39 is 26.4 Å². The van der Waals surface area contributed by atoms with Gasteiger partial charge in [-0.15, -0.1) is 0 Å². The molecule has 4 N–H and O–H groups in total. The Kier molecular flexibility index (Phi) is 3.66. The molecule has 1 aromatic rings. The van der Waals surface area contributed by atoms with E-state index in [9.17, 15) is 12.8 Å². The lowest BCUT2D eigenvalue weighted by Crippen LogP contribution is -2.34. The normalized spacial score (nSPS) is 12.2. The molecule has 0 atom stereocenters. The summed E-state index contributed by atoms with van der Waals surface area (Å²) < 4.78 is 38.3. The molecule has 0 aliphatic rings. The van der Waals surface area contributed by atoms with Crippen molar-refractivity contribution in [3.63, 3.8) is 0 Å². The standard InChI is InChI=1S/C11H16FN3O2S/c1-11(2,3)18(16,17)15-9-5-4-7(12)6-8(9)10(13)14/h4-6,15H,1-3H3,(H3,13,14). The zero-order chi connectivity index (χ0) is 14.1. The number of amidine groups is 1. The van der Waals surface area contributed by atoms with Crippen molar-refractivity contribution in [1.82, 2.24) is 0 Å². The first-order valence-corrected chi connectivity index (χ1v) is 6.69. The Morgan fingerprint density at radius 1 is 1.39 bits per heavy atom. The maximum absolute atomic E-state index is 13.0. The maximum Gasteiger partial charge on any atom is 0.237 e. The van der Waals surface area contributed by atoms with E-state index >= 15 is 0 Å². The molecule has 5 nitrogen and oxygen atoms in total. The molecule has 0 saturated carbocycles. The topological polar surface area (TPSA) is 96.0 Å². The third-order valence-electron chi connectivity index (χ3n) is 2.32. The van der Waals surface area contributed by atoms with E-state index in [0.29, 0.717) is 0 Å². The van der Waals surface area contributed by atoms with Crippen molar-refractivity contribution < 1.29 is 12.8 Å². The van der Waals surface area contributed by atoms with Crippen LogP contribution < -0.4 is 10.5 Å². The predicted molar refractivity (Wildman–Crippen MR) is 69.7 cm³/mol. The Morgan fingerprint density at radius 3 is 2.39 bits per heavy atom. The van der Waals surface area contributed by atoms with Crippen molar-refractivity contribution in [3.8, 4) is 0 Å². The number of hydrogen-bond donors (Lipinski definition) is 3. The molecule has 0 bridgehead atoms. The molecule has 0 radical (unpaired) electrons. The van der Waals surface area contributed by atoms with Gasteiger partial charge in [0.25, 0.3) is 0 Å². The van der Waals surface area contributed by atoms with Gasteiger partial charge in [0.05, 0.1) is 10.4 Å². The Hall–Kier alpha value is -1.63. The number of sulfonamides is 1. The van der Waals surface area contributed by atoms with E-state index in [1.165, 1.54) is 26.8 Å². The summed E-state index contributed by atoms with van der Waals surface area (Å²) in [5, 5.41) is 7.31. The Bertz CT molecular complexity index is 576. The van der Waals surface area contributed by atoms with Crippen LogP contribution in [0.2, 0.25) is 0 Å². The van der Waals surface area contributed by atoms with Crippen LogP contribution in [-0.2, 0) is 10.0 Å². The van der Waals surface area contributed by atoms with Gasteiger partial charge in [0.2, 0.25) is 10.0 Å². The van der Waals surface area contributed by atoms with Gasteiger partial charge in [0.15, 0.2) is 0 Å². The second kappa shape index (κ2) is 4.56. The van der Waals surface area contributed by atoms with Crippen LogP contribution in [0.3, 0.4) is 0 Å². The lowest BCUT2D eigenvalue weighted by Gasteiger charge is -2.21. The van der Waals surface area contributed by atoms with Gasteiger partial charge in [-0.2, -0.15) is 0 Å². The van der Waals surface area contributed by atoms with Gasteiger partial charge >= 0.3 is 0 Å². The van der Waals surface area contributed by atoms with Crippen LogP contribution in [0.15, 0.2) is 18.2 Å². The van der Waals surface area contributed by atoms with Crippen molar-refractivity contribution in [2.75, 3.05) is 4.72 Å². The van der Waals surface area contributed by atoms with Gasteiger partial charge in [-0.25, -0.2) is 12.8 Å². The number of rotatable bonds is 3. The van der Waals surface area contributed by atoms with Crippen LogP contribution in [0, 0.1) is 11.2 Å². The van der Waals surface area contributed by atoms with Crippen molar-refractivity contribution in [2.24, 2.45) is 5.73 Å². The van der Waals surface area contributed by atoms with Gasteiger partial charge in [0, 0.05) is 5.56 Å². The maximum atomic E-state index is 13.0. The highest BCUT2D eigenvalue weighted by atomic mass is 32.2. The van der Waals surface area contributed by atoms with Gasteiger partial charge in [-0.3, -0.25) is 10.1 Å². The average Bonchev–Trinajstić information content (AvgIpc) is 2.18. The highest BCUT2D eigenvalue weighted by molar-refractivity contribution is 7.94. The molecule has 100 valence electrons. The summed E-state index contributed by atoms with van der Waals surface area (Å²) in [5.41, 5.74) is 5.41. The molecule has 0 spiro atoms. The zero-order valence-corrected chi connectivity index (χ0v) is 11.2. The Balaban J connectivity index is 3.25. The minimum absolute atomic E-state index is 0.0165. The van der Waals surface area contributed by atoms with Crippen LogP contribution in [0.5, 0.6) is 0 Å². The number of halogens is 1. The first kappa shape index (κ1) is 14.4. The largest absolute Gasteiger partial charge is 0.384 e. The molecule has 0 aromatic heterocycles. The molecule has 0 aliphatic carbocycles. The monoisotopic (exact) mass is 273 g/mol. The fraction of sp³-hybridized carbons (Fsp3) is 0.364. The lowest BCUT2D eigenvalue weighted by molar-refractivity contribution is 0.566. The van der Waals surface area contributed by atoms with E-state index in [0.717, 1.165) is 12.1 Å². The van der Waals surface area contributed by atoms with Crippen LogP contribution in [0.4, 0.5) is 10.1 Å². The third-order valence-corrected chi connectivity index (χ3v) is 4.42. The van der Waals surface area contributed by atoms with Crippen LogP contribution in [-0.4, -0.2) is 19.0 Å². The summed E-state index contributed by atoms with van der Waals surface area (Å²) in [7, 11) is -3.64. The second-order valence-corrected chi connectivity index (χ2v) is 7.26. The fourth-order valence-corrected chi connectivity index (χ4v) is 1.90. The minimum Gasteiger partial charge on any atom is -0.384 e. The number of nitrogen functional groups attached to an aromatic ring is 1. The number of hydrogen-bond acceptors (Lipinski definition) is 3.